The van der Waals surface area contributed by atoms with Crippen LogP contribution in [0.5, 0.6) is 0 Å². The number of sulfonamides is 1. The first kappa shape index (κ1) is 12.6. The molecular weight excluding hydrogens is 232 g/mol. The van der Waals surface area contributed by atoms with E-state index in [0.717, 1.165) is 0 Å². The van der Waals surface area contributed by atoms with E-state index in [1.807, 2.05) is 4.72 Å². The molecule has 0 unspecified atom stereocenters. The molecule has 0 aliphatic rings. The van der Waals surface area contributed by atoms with Gasteiger partial charge in [-0.15, -0.1) is 0 Å². The molecule has 0 radical (unpaired) electrons. The normalized spacial score (nSPS) is 13.3. The summed E-state index contributed by atoms with van der Waals surface area (Å²) in [6, 6.07) is 6.19. The molecule has 0 fully saturated rings. The third-order valence-corrected chi connectivity index (χ3v) is 3.37. The number of hydrogen-bond donors (Lipinski definition) is 3. The molecule has 0 spiro atoms. The highest BCUT2D eigenvalue weighted by atomic mass is 32.2. The molecule has 1 atom stereocenters. The Balaban J connectivity index is 2.92. The molecular formula is C9H12N2O4S. The van der Waals surface area contributed by atoms with Gasteiger partial charge in [0.2, 0.25) is 10.0 Å². The van der Waals surface area contributed by atoms with Crippen molar-refractivity contribution in [2.75, 3.05) is 6.54 Å². The highest BCUT2D eigenvalue weighted by molar-refractivity contribution is 7.89. The van der Waals surface area contributed by atoms with Crippen molar-refractivity contribution < 1.29 is 18.3 Å². The summed E-state index contributed by atoms with van der Waals surface area (Å²) in [6.45, 7) is -0.304. The lowest BCUT2D eigenvalue weighted by Crippen LogP contribution is -2.45. The number of nitrogens with two attached hydrogens (primary N) is 1. The van der Waals surface area contributed by atoms with Crippen molar-refractivity contribution in [2.24, 2.45) is 5.73 Å². The summed E-state index contributed by atoms with van der Waals surface area (Å²) in [4.78, 5) is 10.6. The second-order valence-electron chi connectivity index (χ2n) is 3.06. The SMILES string of the molecule is NC[C@@H](NS(=O)(=O)c1ccccc1)C(=O)O. The van der Waals surface area contributed by atoms with Gasteiger partial charge in [-0.3, -0.25) is 4.79 Å². The van der Waals surface area contributed by atoms with Gasteiger partial charge in [-0.1, -0.05) is 18.2 Å². The van der Waals surface area contributed by atoms with E-state index in [4.69, 9.17) is 10.8 Å². The van der Waals surface area contributed by atoms with Gasteiger partial charge in [0.25, 0.3) is 0 Å². The van der Waals surface area contributed by atoms with E-state index in [9.17, 15) is 13.2 Å². The topological polar surface area (TPSA) is 109 Å². The van der Waals surface area contributed by atoms with Crippen LogP contribution in [-0.4, -0.2) is 32.1 Å². The van der Waals surface area contributed by atoms with Gasteiger partial charge in [0.15, 0.2) is 0 Å². The molecule has 1 aromatic rings. The van der Waals surface area contributed by atoms with Gasteiger partial charge in [0, 0.05) is 6.54 Å². The zero-order chi connectivity index (χ0) is 12.2. The molecule has 0 saturated heterocycles. The van der Waals surface area contributed by atoms with Crippen LogP contribution in [0.25, 0.3) is 0 Å². The van der Waals surface area contributed by atoms with Crippen LogP contribution in [0, 0.1) is 0 Å². The summed E-state index contributed by atoms with van der Waals surface area (Å²) >= 11 is 0. The van der Waals surface area contributed by atoms with Crippen molar-refractivity contribution in [3.63, 3.8) is 0 Å². The predicted octanol–water partition coefficient (Wildman–Crippen LogP) is -0.623. The molecule has 0 heterocycles. The average molecular weight is 244 g/mol. The number of rotatable bonds is 5. The lowest BCUT2D eigenvalue weighted by Gasteiger charge is -2.12. The van der Waals surface area contributed by atoms with Gasteiger partial charge in [-0.05, 0) is 12.1 Å². The molecule has 6 nitrogen and oxygen atoms in total. The van der Waals surface area contributed by atoms with Crippen molar-refractivity contribution in [3.8, 4) is 0 Å². The summed E-state index contributed by atoms with van der Waals surface area (Å²) in [5.41, 5.74) is 5.15. The highest BCUT2D eigenvalue weighted by Crippen LogP contribution is 2.07. The van der Waals surface area contributed by atoms with Crippen molar-refractivity contribution >= 4 is 16.0 Å². The third-order valence-electron chi connectivity index (χ3n) is 1.88. The second kappa shape index (κ2) is 5.06. The molecule has 0 aliphatic heterocycles. The van der Waals surface area contributed by atoms with Crippen LogP contribution in [0.15, 0.2) is 35.2 Å². The number of aliphatic carboxylic acids is 1. The first-order chi connectivity index (χ1) is 7.47. The van der Waals surface area contributed by atoms with Gasteiger partial charge < -0.3 is 10.8 Å². The van der Waals surface area contributed by atoms with E-state index < -0.39 is 22.0 Å². The van der Waals surface area contributed by atoms with Gasteiger partial charge in [0.1, 0.15) is 6.04 Å². The van der Waals surface area contributed by atoms with Crippen LogP contribution in [-0.2, 0) is 14.8 Å². The third kappa shape index (κ3) is 3.02. The van der Waals surface area contributed by atoms with Gasteiger partial charge in [0.05, 0.1) is 4.90 Å². The summed E-state index contributed by atoms with van der Waals surface area (Å²) < 4.78 is 25.4. The Labute approximate surface area is 93.1 Å². The molecule has 0 saturated carbocycles. The predicted molar refractivity (Wildman–Crippen MR) is 57.2 cm³/mol. The quantitative estimate of drug-likeness (QED) is 0.639. The Kier molecular flexibility index (Phi) is 3.99. The Morgan fingerprint density at radius 3 is 2.38 bits per heavy atom. The van der Waals surface area contributed by atoms with Gasteiger partial charge >= 0.3 is 5.97 Å². The average Bonchev–Trinajstić information content (AvgIpc) is 2.27. The number of nitrogens with one attached hydrogen (secondary N) is 1. The number of hydrogen-bond acceptors (Lipinski definition) is 4. The van der Waals surface area contributed by atoms with Gasteiger partial charge in [-0.2, -0.15) is 4.72 Å². The smallest absolute Gasteiger partial charge is 0.323 e. The molecule has 0 aromatic heterocycles. The Bertz CT molecular complexity index is 458. The molecule has 0 bridgehead atoms. The van der Waals surface area contributed by atoms with E-state index >= 15 is 0 Å². The molecule has 0 aliphatic carbocycles. The zero-order valence-electron chi connectivity index (χ0n) is 8.33. The van der Waals surface area contributed by atoms with E-state index in [2.05, 4.69) is 0 Å². The number of carboxylic acids is 1. The molecule has 4 N–H and O–H groups in total. The highest BCUT2D eigenvalue weighted by Gasteiger charge is 2.23. The summed E-state index contributed by atoms with van der Waals surface area (Å²) in [5, 5.41) is 8.68. The summed E-state index contributed by atoms with van der Waals surface area (Å²) in [5.74, 6) is -1.30. The first-order valence-electron chi connectivity index (χ1n) is 4.47. The Hall–Kier alpha value is -1.44. The maximum Gasteiger partial charge on any atom is 0.323 e. The Morgan fingerprint density at radius 1 is 1.38 bits per heavy atom. The molecule has 7 heteroatoms. The van der Waals surface area contributed by atoms with E-state index in [1.165, 1.54) is 12.1 Å². The lowest BCUT2D eigenvalue weighted by atomic mass is 10.3. The van der Waals surface area contributed by atoms with E-state index in [-0.39, 0.29) is 11.4 Å². The largest absolute Gasteiger partial charge is 0.480 e. The molecule has 1 aromatic carbocycles. The van der Waals surface area contributed by atoms with Crippen LogP contribution >= 0.6 is 0 Å². The van der Waals surface area contributed by atoms with Crippen LogP contribution < -0.4 is 10.5 Å². The van der Waals surface area contributed by atoms with Crippen LogP contribution in [0.4, 0.5) is 0 Å². The minimum atomic E-state index is -3.83. The maximum absolute atomic E-state index is 11.7. The monoisotopic (exact) mass is 244 g/mol. The van der Waals surface area contributed by atoms with Crippen LogP contribution in [0.2, 0.25) is 0 Å². The Morgan fingerprint density at radius 2 is 1.94 bits per heavy atom. The van der Waals surface area contributed by atoms with Crippen LogP contribution in [0.1, 0.15) is 0 Å². The summed E-state index contributed by atoms with van der Waals surface area (Å²) in [7, 11) is -3.83. The van der Waals surface area contributed by atoms with Crippen molar-refractivity contribution in [1.29, 1.82) is 0 Å². The van der Waals surface area contributed by atoms with Crippen LogP contribution in [0.3, 0.4) is 0 Å². The molecule has 1 rings (SSSR count). The number of carboxylic acid groups (broad SMARTS) is 1. The number of benzene rings is 1. The minimum Gasteiger partial charge on any atom is -0.480 e. The summed E-state index contributed by atoms with van der Waals surface area (Å²) in [6.07, 6.45) is 0. The standard InChI is InChI=1S/C9H12N2O4S/c10-6-8(9(12)13)11-16(14,15)7-4-2-1-3-5-7/h1-5,8,11H,6,10H2,(H,12,13)/t8-/m1/s1. The van der Waals surface area contributed by atoms with Crippen molar-refractivity contribution in [1.82, 2.24) is 4.72 Å². The first-order valence-corrected chi connectivity index (χ1v) is 5.96. The van der Waals surface area contributed by atoms with Gasteiger partial charge in [-0.25, -0.2) is 8.42 Å². The zero-order valence-corrected chi connectivity index (χ0v) is 9.15. The van der Waals surface area contributed by atoms with E-state index in [0.29, 0.717) is 0 Å². The van der Waals surface area contributed by atoms with Crippen molar-refractivity contribution in [3.05, 3.63) is 30.3 Å². The number of carbonyl (C=O) groups is 1. The molecule has 16 heavy (non-hydrogen) atoms. The molecule has 88 valence electrons. The maximum atomic E-state index is 11.7. The minimum absolute atomic E-state index is 0.00898. The van der Waals surface area contributed by atoms with Crippen molar-refractivity contribution in [2.45, 2.75) is 10.9 Å². The lowest BCUT2D eigenvalue weighted by molar-refractivity contribution is -0.138. The fourth-order valence-corrected chi connectivity index (χ4v) is 2.28. The van der Waals surface area contributed by atoms with E-state index in [1.54, 1.807) is 18.2 Å². The fraction of sp³-hybridized carbons (Fsp3) is 0.222. The molecule has 0 amide bonds. The fourth-order valence-electron chi connectivity index (χ4n) is 1.05. The second-order valence-corrected chi connectivity index (χ2v) is 4.77.